The van der Waals surface area contributed by atoms with Crippen LogP contribution in [0.2, 0.25) is 0 Å². The molecule has 0 amide bonds. The van der Waals surface area contributed by atoms with Gasteiger partial charge in [-0.25, -0.2) is 0 Å². The molecule has 0 atom stereocenters. The van der Waals surface area contributed by atoms with Crippen molar-refractivity contribution in [2.24, 2.45) is 0 Å². The lowest BCUT2D eigenvalue weighted by Crippen LogP contribution is -2.32. The van der Waals surface area contributed by atoms with Gasteiger partial charge in [0.15, 0.2) is 0 Å². The third-order valence-electron chi connectivity index (χ3n) is 15.0. The normalized spacial score (nSPS) is 14.3. The lowest BCUT2D eigenvalue weighted by molar-refractivity contribution is 0.660. The van der Waals surface area contributed by atoms with E-state index in [-0.39, 0.29) is 5.41 Å². The Morgan fingerprint density at radius 3 is 1.72 bits per heavy atom. The molecule has 14 rings (SSSR count). The number of fused-ring (bicyclic) bond motifs is 15. The first-order valence-corrected chi connectivity index (χ1v) is 24.1. The molecule has 0 bridgehead atoms. The van der Waals surface area contributed by atoms with E-state index in [2.05, 4.69) is 243 Å². The van der Waals surface area contributed by atoms with Gasteiger partial charge in [-0.2, -0.15) is 0 Å². The van der Waals surface area contributed by atoms with Gasteiger partial charge in [0, 0.05) is 48.6 Å². The lowest BCUT2D eigenvalue weighted by Gasteiger charge is -2.40. The van der Waals surface area contributed by atoms with Crippen molar-refractivity contribution in [1.82, 2.24) is 0 Å². The number of hydrogen-bond acceptors (Lipinski definition) is 3. The van der Waals surface area contributed by atoms with Crippen LogP contribution in [0.15, 0.2) is 239 Å². The summed E-state index contributed by atoms with van der Waals surface area (Å²) in [5.74, 6) is 0. The molecule has 316 valence electrons. The summed E-state index contributed by atoms with van der Waals surface area (Å²) in [6, 6.07) is 83.2. The number of benzene rings is 10. The smallest absolute Gasteiger partial charge is 0.143 e. The first-order chi connectivity index (χ1) is 33.0. The van der Waals surface area contributed by atoms with Gasteiger partial charge in [-0.05, 0) is 127 Å². The van der Waals surface area contributed by atoms with E-state index in [0.717, 1.165) is 44.6 Å². The zero-order chi connectivity index (χ0) is 44.4. The molecule has 1 aromatic heterocycles. The number of anilines is 3. The maximum absolute atomic E-state index is 6.80. The number of furan rings is 1. The second-order valence-electron chi connectivity index (χ2n) is 18.7. The Morgan fingerprint density at radius 1 is 0.388 bits per heavy atom. The molecule has 0 saturated carbocycles. The molecule has 0 N–H and O–H groups in total. The Bertz CT molecular complexity index is 3780. The highest BCUT2D eigenvalue weighted by atomic mass is 32.2. The van der Waals surface area contributed by atoms with Crippen LogP contribution < -0.4 is 4.90 Å². The van der Waals surface area contributed by atoms with Crippen molar-refractivity contribution >= 4 is 50.8 Å². The van der Waals surface area contributed by atoms with Gasteiger partial charge in [0.2, 0.25) is 0 Å². The van der Waals surface area contributed by atoms with Gasteiger partial charge in [0.1, 0.15) is 11.2 Å². The van der Waals surface area contributed by atoms with E-state index >= 15 is 0 Å². The van der Waals surface area contributed by atoms with Crippen LogP contribution in [0.25, 0.3) is 66.4 Å². The Morgan fingerprint density at radius 2 is 0.940 bits per heavy atom. The molecule has 1 spiro atoms. The summed E-state index contributed by atoms with van der Waals surface area (Å²) in [4.78, 5) is 4.98. The van der Waals surface area contributed by atoms with Crippen LogP contribution in [0, 0.1) is 0 Å². The summed E-state index contributed by atoms with van der Waals surface area (Å²) >= 11 is 1.88. The minimum absolute atomic E-state index is 0.112. The zero-order valence-corrected chi connectivity index (χ0v) is 37.9. The van der Waals surface area contributed by atoms with Crippen LogP contribution in [-0.2, 0) is 10.8 Å². The first-order valence-electron chi connectivity index (χ1n) is 23.2. The standard InChI is InChI=1S/C64H43NOS/c1-63(2)52-24-9-6-19-45(52)46-36-35-43(39-56(46)63)65(41-17-4-3-5-18-41)42-33-31-40(32-34-42)44-37-38-48(50-23-16-22-49-47-20-8-13-28-57(47)66-62(49)50)60-51-21-7-10-25-53(51)64(61(44)60)54-26-11-14-29-58(54)67-59-30-15-12-27-55(59)64/h3-39H,1-2H3. The molecule has 0 radical (unpaired) electrons. The highest BCUT2D eigenvalue weighted by molar-refractivity contribution is 7.99. The van der Waals surface area contributed by atoms with E-state index in [9.17, 15) is 0 Å². The molecule has 1 aliphatic heterocycles. The van der Waals surface area contributed by atoms with Crippen molar-refractivity contribution < 1.29 is 4.42 Å². The molecule has 0 fully saturated rings. The molecule has 2 aliphatic carbocycles. The van der Waals surface area contributed by atoms with E-state index in [4.69, 9.17) is 4.42 Å². The molecule has 0 unspecified atom stereocenters. The fourth-order valence-electron chi connectivity index (χ4n) is 12.1. The second kappa shape index (κ2) is 14.3. The molecule has 67 heavy (non-hydrogen) atoms. The minimum Gasteiger partial charge on any atom is -0.455 e. The molecule has 0 saturated heterocycles. The molecule has 3 aliphatic rings. The Balaban J connectivity index is 1.01. The summed E-state index contributed by atoms with van der Waals surface area (Å²) < 4.78 is 6.80. The van der Waals surface area contributed by atoms with Crippen molar-refractivity contribution in [3.8, 4) is 44.5 Å². The second-order valence-corrected chi connectivity index (χ2v) is 19.8. The molecule has 10 aromatic carbocycles. The predicted molar refractivity (Wildman–Crippen MR) is 278 cm³/mol. The number of hydrogen-bond donors (Lipinski definition) is 0. The van der Waals surface area contributed by atoms with Crippen molar-refractivity contribution in [3.05, 3.63) is 258 Å². The van der Waals surface area contributed by atoms with Crippen LogP contribution in [0.4, 0.5) is 17.1 Å². The van der Waals surface area contributed by atoms with E-state index < -0.39 is 5.41 Å². The minimum atomic E-state index is -0.582. The Hall–Kier alpha value is -7.85. The highest BCUT2D eigenvalue weighted by Gasteiger charge is 2.52. The van der Waals surface area contributed by atoms with Crippen LogP contribution in [0.1, 0.15) is 47.2 Å². The van der Waals surface area contributed by atoms with E-state index in [1.54, 1.807) is 0 Å². The van der Waals surface area contributed by atoms with Crippen LogP contribution in [0.3, 0.4) is 0 Å². The average Bonchev–Trinajstić information content (AvgIpc) is 3.99. The number of nitrogens with zero attached hydrogens (tertiary/aromatic N) is 1. The van der Waals surface area contributed by atoms with Crippen molar-refractivity contribution in [2.75, 3.05) is 4.90 Å². The predicted octanol–water partition coefficient (Wildman–Crippen LogP) is 17.5. The fraction of sp³-hybridized carbons (Fsp3) is 0.0625. The molecular formula is C64H43NOS. The lowest BCUT2D eigenvalue weighted by atomic mass is 9.65. The van der Waals surface area contributed by atoms with Crippen molar-refractivity contribution in [1.29, 1.82) is 0 Å². The summed E-state index contributed by atoms with van der Waals surface area (Å²) in [6.07, 6.45) is 0. The molecule has 2 heterocycles. The van der Waals surface area contributed by atoms with Gasteiger partial charge in [-0.1, -0.05) is 195 Å². The SMILES string of the molecule is CC1(C)c2ccccc2-c2ccc(N(c3ccccc3)c3ccc(-c4ccc(-c5cccc6c5oc5ccccc56)c5c4C4(c6ccccc6Sc6ccccc64)c4ccccc4-5)cc3)cc21. The zero-order valence-electron chi connectivity index (χ0n) is 37.1. The largest absolute Gasteiger partial charge is 0.455 e. The van der Waals surface area contributed by atoms with Gasteiger partial charge in [-0.15, -0.1) is 0 Å². The van der Waals surface area contributed by atoms with Crippen LogP contribution >= 0.6 is 11.8 Å². The highest BCUT2D eigenvalue weighted by Crippen LogP contribution is 2.65. The summed E-state index contributed by atoms with van der Waals surface area (Å²) in [5, 5.41) is 2.27. The number of rotatable bonds is 5. The third kappa shape index (κ3) is 5.35. The first kappa shape index (κ1) is 38.4. The maximum atomic E-state index is 6.80. The Kier molecular flexibility index (Phi) is 8.21. The quantitative estimate of drug-likeness (QED) is 0.171. The number of para-hydroxylation sites is 3. The molecule has 11 aromatic rings. The van der Waals surface area contributed by atoms with Crippen molar-refractivity contribution in [3.63, 3.8) is 0 Å². The summed E-state index contributed by atoms with van der Waals surface area (Å²) in [5.41, 5.74) is 22.3. The summed E-state index contributed by atoms with van der Waals surface area (Å²) in [7, 11) is 0. The molecule has 2 nitrogen and oxygen atoms in total. The third-order valence-corrected chi connectivity index (χ3v) is 16.1. The average molecular weight is 874 g/mol. The molecular weight excluding hydrogens is 831 g/mol. The summed E-state index contributed by atoms with van der Waals surface area (Å²) in [6.45, 7) is 4.72. The molecule has 3 heteroatoms. The van der Waals surface area contributed by atoms with Gasteiger partial charge in [0.05, 0.1) is 5.41 Å². The van der Waals surface area contributed by atoms with Gasteiger partial charge >= 0.3 is 0 Å². The maximum Gasteiger partial charge on any atom is 0.143 e. The topological polar surface area (TPSA) is 16.4 Å². The van der Waals surface area contributed by atoms with E-state index in [1.165, 1.54) is 82.1 Å². The van der Waals surface area contributed by atoms with Crippen LogP contribution in [0.5, 0.6) is 0 Å². The van der Waals surface area contributed by atoms with Crippen molar-refractivity contribution in [2.45, 2.75) is 34.5 Å². The Labute approximate surface area is 394 Å². The monoisotopic (exact) mass is 873 g/mol. The van der Waals surface area contributed by atoms with Crippen LogP contribution in [-0.4, -0.2) is 0 Å². The fourth-order valence-corrected chi connectivity index (χ4v) is 13.3. The van der Waals surface area contributed by atoms with Gasteiger partial charge in [0.25, 0.3) is 0 Å². The van der Waals surface area contributed by atoms with Gasteiger partial charge < -0.3 is 9.32 Å². The van der Waals surface area contributed by atoms with Gasteiger partial charge in [-0.3, -0.25) is 0 Å². The van der Waals surface area contributed by atoms with E-state index in [0.29, 0.717) is 0 Å². The van der Waals surface area contributed by atoms with E-state index in [1.807, 2.05) is 11.8 Å².